The number of hydrogen-bond donors (Lipinski definition) is 1. The minimum Gasteiger partial charge on any atom is -0.383 e. The van der Waals surface area contributed by atoms with Crippen LogP contribution in [-0.4, -0.2) is 42.9 Å². The Morgan fingerprint density at radius 2 is 1.82 bits per heavy atom. The maximum Gasteiger partial charge on any atom is 0.393 e. The number of ether oxygens (including phenoxy) is 1. The summed E-state index contributed by atoms with van der Waals surface area (Å²) in [7, 11) is 1.14. The molecule has 0 aliphatic carbocycles. The van der Waals surface area contributed by atoms with Gasteiger partial charge >= 0.3 is 12.0 Å². The van der Waals surface area contributed by atoms with Crippen LogP contribution in [0.3, 0.4) is 0 Å². The molecule has 1 unspecified atom stereocenters. The summed E-state index contributed by atoms with van der Waals surface area (Å²) in [6.45, 7) is -1.10. The van der Waals surface area contributed by atoms with E-state index in [1.54, 1.807) is 0 Å². The van der Waals surface area contributed by atoms with E-state index < -0.39 is 30.1 Å². The fraction of sp³-hybridized carbons (Fsp3) is 0.750. The molecule has 9 heteroatoms. The molecule has 0 fully saturated rings. The first-order valence-corrected chi connectivity index (χ1v) is 4.46. The average Bonchev–Trinajstić information content (AvgIpc) is 2.21. The van der Waals surface area contributed by atoms with Crippen LogP contribution in [0.25, 0.3) is 0 Å². The molecule has 0 saturated heterocycles. The molecule has 1 atom stereocenters. The van der Waals surface area contributed by atoms with Crippen molar-refractivity contribution >= 4 is 0 Å². The lowest BCUT2D eigenvalue weighted by atomic mass is 10.0. The van der Waals surface area contributed by atoms with Gasteiger partial charge in [0, 0.05) is 19.9 Å². The lowest BCUT2D eigenvalue weighted by molar-refractivity contribution is -0.324. The zero-order valence-electron chi connectivity index (χ0n) is 8.69. The molecule has 17 heavy (non-hydrogen) atoms. The van der Waals surface area contributed by atoms with Crippen molar-refractivity contribution in [1.82, 2.24) is 4.90 Å². The van der Waals surface area contributed by atoms with E-state index in [4.69, 9.17) is 0 Å². The Labute approximate surface area is 92.8 Å². The molecule has 1 heterocycles. The highest BCUT2D eigenvalue weighted by Crippen LogP contribution is 2.50. The van der Waals surface area contributed by atoms with E-state index in [1.807, 2.05) is 0 Å². The van der Waals surface area contributed by atoms with Crippen LogP contribution in [0.15, 0.2) is 12.0 Å². The summed E-state index contributed by atoms with van der Waals surface area (Å²) in [6, 6.07) is -4.94. The molecule has 1 rings (SSSR count). The Balaban J connectivity index is 3.16. The van der Waals surface area contributed by atoms with Gasteiger partial charge in [0.25, 0.3) is 5.79 Å². The number of hydrogen-bond acceptors (Lipinski definition) is 3. The van der Waals surface area contributed by atoms with Gasteiger partial charge in [-0.3, -0.25) is 5.73 Å². The maximum absolute atomic E-state index is 13.2. The molecular formula is C8H10F6N2O. The van der Waals surface area contributed by atoms with E-state index in [-0.39, 0.29) is 17.7 Å². The normalized spacial score (nSPS) is 31.3. The molecule has 0 amide bonds. The lowest BCUT2D eigenvalue weighted by Crippen LogP contribution is -2.69. The summed E-state index contributed by atoms with van der Waals surface area (Å²) in [4.78, 5) is -0.337. The molecule has 2 N–H and O–H groups in total. The van der Waals surface area contributed by atoms with Crippen molar-refractivity contribution in [3.05, 3.63) is 12.0 Å². The minimum absolute atomic E-state index is 0.0730. The Hall–Kier alpha value is -0.960. The second-order valence-corrected chi connectivity index (χ2v) is 3.49. The fourth-order valence-electron chi connectivity index (χ4n) is 1.26. The van der Waals surface area contributed by atoms with Crippen molar-refractivity contribution < 1.29 is 31.1 Å². The van der Waals surface area contributed by atoms with Crippen molar-refractivity contribution in [1.29, 1.82) is 0 Å². The van der Waals surface area contributed by atoms with Crippen molar-refractivity contribution in [2.45, 2.75) is 17.8 Å². The SMILES string of the molecule is COCCN1C=C(F)C(N)(F)C(F)(F)C1(F)F. The van der Waals surface area contributed by atoms with Gasteiger partial charge in [-0.05, 0) is 0 Å². The molecule has 0 bridgehead atoms. The second-order valence-electron chi connectivity index (χ2n) is 3.49. The van der Waals surface area contributed by atoms with E-state index in [9.17, 15) is 26.3 Å². The Morgan fingerprint density at radius 1 is 1.29 bits per heavy atom. The second kappa shape index (κ2) is 4.05. The number of alkyl halides is 5. The van der Waals surface area contributed by atoms with Crippen LogP contribution in [0.1, 0.15) is 0 Å². The van der Waals surface area contributed by atoms with Gasteiger partial charge in [0.1, 0.15) is 0 Å². The predicted octanol–water partition coefficient (Wildman–Crippen LogP) is 1.61. The van der Waals surface area contributed by atoms with Crippen LogP contribution in [0, 0.1) is 0 Å². The monoisotopic (exact) mass is 264 g/mol. The third kappa shape index (κ3) is 1.86. The van der Waals surface area contributed by atoms with Crippen molar-refractivity contribution in [3.63, 3.8) is 0 Å². The highest BCUT2D eigenvalue weighted by molar-refractivity contribution is 5.21. The fourth-order valence-corrected chi connectivity index (χ4v) is 1.26. The molecule has 0 aromatic carbocycles. The van der Waals surface area contributed by atoms with Gasteiger partial charge in [-0.15, -0.1) is 0 Å². The molecule has 0 radical (unpaired) electrons. The summed E-state index contributed by atoms with van der Waals surface area (Å²) in [5, 5.41) is 0. The molecular weight excluding hydrogens is 254 g/mol. The van der Waals surface area contributed by atoms with Crippen LogP contribution in [-0.2, 0) is 4.74 Å². The van der Waals surface area contributed by atoms with Gasteiger partial charge in [0.15, 0.2) is 5.83 Å². The van der Waals surface area contributed by atoms with Gasteiger partial charge in [-0.25, -0.2) is 8.78 Å². The molecule has 0 aromatic heterocycles. The predicted molar refractivity (Wildman–Crippen MR) is 45.7 cm³/mol. The molecule has 0 saturated carbocycles. The van der Waals surface area contributed by atoms with E-state index in [0.717, 1.165) is 7.11 Å². The van der Waals surface area contributed by atoms with Crippen LogP contribution in [0.4, 0.5) is 26.3 Å². The number of nitrogens with zero attached hydrogens (tertiary/aromatic N) is 1. The molecule has 1 aliphatic heterocycles. The summed E-state index contributed by atoms with van der Waals surface area (Å²) >= 11 is 0. The smallest absolute Gasteiger partial charge is 0.383 e. The van der Waals surface area contributed by atoms with Crippen LogP contribution in [0.5, 0.6) is 0 Å². The molecule has 0 spiro atoms. The number of rotatable bonds is 3. The lowest BCUT2D eigenvalue weighted by Gasteiger charge is -2.43. The quantitative estimate of drug-likeness (QED) is 0.621. The average molecular weight is 264 g/mol. The van der Waals surface area contributed by atoms with Gasteiger partial charge in [0.2, 0.25) is 0 Å². The van der Waals surface area contributed by atoms with E-state index >= 15 is 0 Å². The highest BCUT2D eigenvalue weighted by atomic mass is 19.3. The molecule has 1 aliphatic rings. The van der Waals surface area contributed by atoms with Crippen LogP contribution < -0.4 is 5.73 Å². The minimum atomic E-state index is -5.38. The van der Waals surface area contributed by atoms with Gasteiger partial charge in [-0.1, -0.05) is 0 Å². The van der Waals surface area contributed by atoms with Gasteiger partial charge in [-0.2, -0.15) is 17.6 Å². The Morgan fingerprint density at radius 3 is 2.29 bits per heavy atom. The standard InChI is InChI=1S/C8H10F6N2O/c1-17-3-2-16-4-5(9)6(10,15)7(11,12)8(16,13)14/h4H,2-3,15H2,1H3. The molecule has 100 valence electrons. The van der Waals surface area contributed by atoms with Crippen molar-refractivity contribution in [3.8, 4) is 0 Å². The first-order valence-electron chi connectivity index (χ1n) is 4.46. The Bertz CT molecular complexity index is 330. The topological polar surface area (TPSA) is 38.5 Å². The summed E-state index contributed by atoms with van der Waals surface area (Å²) in [6.07, 6.45) is -0.0730. The Kier molecular flexibility index (Phi) is 3.36. The van der Waals surface area contributed by atoms with E-state index in [0.29, 0.717) is 0 Å². The third-order valence-corrected chi connectivity index (χ3v) is 2.35. The summed E-state index contributed by atoms with van der Waals surface area (Å²) in [5.74, 6) is -12.1. The largest absolute Gasteiger partial charge is 0.393 e. The first-order chi connectivity index (χ1) is 7.59. The van der Waals surface area contributed by atoms with E-state index in [1.165, 1.54) is 0 Å². The van der Waals surface area contributed by atoms with E-state index in [2.05, 4.69) is 10.5 Å². The first kappa shape index (κ1) is 14.1. The molecule has 3 nitrogen and oxygen atoms in total. The van der Waals surface area contributed by atoms with Crippen molar-refractivity contribution in [2.75, 3.05) is 20.3 Å². The number of methoxy groups -OCH3 is 1. The van der Waals surface area contributed by atoms with Gasteiger partial charge in [0.05, 0.1) is 6.61 Å². The highest BCUT2D eigenvalue weighted by Gasteiger charge is 2.75. The number of nitrogens with two attached hydrogens (primary N) is 1. The van der Waals surface area contributed by atoms with Crippen molar-refractivity contribution in [2.24, 2.45) is 5.73 Å². The zero-order chi connectivity index (χ0) is 13.5. The maximum atomic E-state index is 13.2. The van der Waals surface area contributed by atoms with Gasteiger partial charge < -0.3 is 9.64 Å². The summed E-state index contributed by atoms with van der Waals surface area (Å²) < 4.78 is 83.0. The third-order valence-electron chi connectivity index (χ3n) is 2.35. The van der Waals surface area contributed by atoms with Crippen LogP contribution >= 0.6 is 0 Å². The van der Waals surface area contributed by atoms with Crippen LogP contribution in [0.2, 0.25) is 0 Å². The summed E-state index contributed by atoms with van der Waals surface area (Å²) in [5.41, 5.74) is 4.27. The zero-order valence-corrected chi connectivity index (χ0v) is 8.69. The number of halogens is 6. The molecule has 0 aromatic rings.